The van der Waals surface area contributed by atoms with Gasteiger partial charge < -0.3 is 15.5 Å². The van der Waals surface area contributed by atoms with E-state index in [1.54, 1.807) is 12.1 Å². The molecule has 202 valence electrons. The number of benzene rings is 3. The van der Waals surface area contributed by atoms with E-state index in [1.807, 2.05) is 73.7 Å². The number of amides is 2. The average Bonchev–Trinajstić information content (AvgIpc) is 2.98. The molecular weight excluding hydrogens is 508 g/mol. The summed E-state index contributed by atoms with van der Waals surface area (Å²) in [5.74, 6) is -0.650. The first-order chi connectivity index (χ1) is 18.8. The lowest BCUT2D eigenvalue weighted by atomic mass is 9.87. The van der Waals surface area contributed by atoms with E-state index < -0.39 is 11.6 Å². The highest BCUT2D eigenvalue weighted by atomic mass is 35.5. The van der Waals surface area contributed by atoms with Gasteiger partial charge in [-0.2, -0.15) is 5.26 Å². The smallest absolute Gasteiger partial charge is 0.251 e. The Morgan fingerprint density at radius 3 is 2.26 bits per heavy atom. The first-order valence-electron chi connectivity index (χ1n) is 13.5. The van der Waals surface area contributed by atoms with Gasteiger partial charge >= 0.3 is 0 Å². The summed E-state index contributed by atoms with van der Waals surface area (Å²) in [4.78, 5) is 29.2. The van der Waals surface area contributed by atoms with Crippen LogP contribution in [0.15, 0.2) is 78.9 Å². The Morgan fingerprint density at radius 1 is 1.00 bits per heavy atom. The molecule has 1 saturated heterocycles. The molecule has 2 atom stereocenters. The Labute approximate surface area is 236 Å². The first-order valence-corrected chi connectivity index (χ1v) is 13.9. The van der Waals surface area contributed by atoms with E-state index in [4.69, 9.17) is 11.6 Å². The lowest BCUT2D eigenvalue weighted by Gasteiger charge is -2.38. The molecule has 2 N–H and O–H groups in total. The number of rotatable bonds is 9. The molecule has 0 radical (unpaired) electrons. The fraction of sp³-hybridized carbons (Fsp3) is 0.344. The highest BCUT2D eigenvalue weighted by Gasteiger charge is 2.38. The van der Waals surface area contributed by atoms with Crippen molar-refractivity contribution in [2.45, 2.75) is 50.6 Å². The molecule has 0 spiro atoms. The molecule has 1 aliphatic heterocycles. The van der Waals surface area contributed by atoms with Crippen LogP contribution in [0.2, 0.25) is 5.02 Å². The fourth-order valence-corrected chi connectivity index (χ4v) is 5.32. The molecule has 7 heteroatoms. The van der Waals surface area contributed by atoms with Crippen molar-refractivity contribution in [2.75, 3.05) is 19.6 Å². The molecule has 0 saturated carbocycles. The predicted octanol–water partition coefficient (Wildman–Crippen LogP) is 5.79. The van der Waals surface area contributed by atoms with Crippen molar-refractivity contribution in [3.8, 4) is 17.2 Å². The minimum absolute atomic E-state index is 0.0184. The SMILES string of the molecule is CCN1CCC(C#N)(NC(=O)[C@H](C[C@H](C)c2ccccc2)NC(=O)c2ccc(-c3ccccc3Cl)cc2)CC1. The van der Waals surface area contributed by atoms with Crippen molar-refractivity contribution in [3.05, 3.63) is 95.0 Å². The molecule has 1 fully saturated rings. The van der Waals surface area contributed by atoms with Gasteiger partial charge in [0.15, 0.2) is 0 Å². The van der Waals surface area contributed by atoms with Crippen LogP contribution >= 0.6 is 11.6 Å². The van der Waals surface area contributed by atoms with E-state index in [2.05, 4.69) is 28.5 Å². The molecule has 2 amide bonds. The Morgan fingerprint density at radius 2 is 1.64 bits per heavy atom. The zero-order valence-electron chi connectivity index (χ0n) is 22.5. The van der Waals surface area contributed by atoms with Gasteiger partial charge in [0.05, 0.1) is 6.07 Å². The van der Waals surface area contributed by atoms with Gasteiger partial charge in [-0.15, -0.1) is 0 Å². The summed E-state index contributed by atoms with van der Waals surface area (Å²) in [6.45, 7) is 6.55. The van der Waals surface area contributed by atoms with Crippen LogP contribution in [0.5, 0.6) is 0 Å². The van der Waals surface area contributed by atoms with Crippen LogP contribution in [0, 0.1) is 11.3 Å². The van der Waals surface area contributed by atoms with Gasteiger partial charge in [-0.1, -0.05) is 86.1 Å². The van der Waals surface area contributed by atoms with Crippen molar-refractivity contribution in [1.82, 2.24) is 15.5 Å². The minimum atomic E-state index is -0.932. The van der Waals surface area contributed by atoms with E-state index in [-0.39, 0.29) is 17.7 Å². The predicted molar refractivity (Wildman–Crippen MR) is 155 cm³/mol. The third-order valence-electron chi connectivity index (χ3n) is 7.64. The van der Waals surface area contributed by atoms with Gasteiger partial charge in [-0.25, -0.2) is 0 Å². The van der Waals surface area contributed by atoms with Crippen molar-refractivity contribution in [3.63, 3.8) is 0 Å². The van der Waals surface area contributed by atoms with E-state index in [0.717, 1.165) is 36.3 Å². The Hall–Kier alpha value is -3.66. The molecule has 3 aromatic carbocycles. The van der Waals surface area contributed by atoms with E-state index in [1.165, 1.54) is 0 Å². The molecule has 1 heterocycles. The highest BCUT2D eigenvalue weighted by molar-refractivity contribution is 6.33. The number of nitrogens with zero attached hydrogens (tertiary/aromatic N) is 2. The van der Waals surface area contributed by atoms with E-state index >= 15 is 0 Å². The van der Waals surface area contributed by atoms with Crippen LogP contribution < -0.4 is 10.6 Å². The van der Waals surface area contributed by atoms with Gasteiger partial charge in [0.25, 0.3) is 5.91 Å². The maximum Gasteiger partial charge on any atom is 0.251 e. The fourth-order valence-electron chi connectivity index (χ4n) is 5.08. The van der Waals surface area contributed by atoms with Gasteiger partial charge in [0, 0.05) is 29.2 Å². The number of carbonyl (C=O) groups is 2. The number of nitriles is 1. The lowest BCUT2D eigenvalue weighted by molar-refractivity contribution is -0.125. The summed E-state index contributed by atoms with van der Waals surface area (Å²) in [6.07, 6.45) is 1.52. The minimum Gasteiger partial charge on any atom is -0.340 e. The zero-order valence-corrected chi connectivity index (χ0v) is 23.2. The Balaban J connectivity index is 1.52. The first kappa shape index (κ1) is 28.4. The molecule has 6 nitrogen and oxygen atoms in total. The number of hydrogen-bond acceptors (Lipinski definition) is 4. The quantitative estimate of drug-likeness (QED) is 0.358. The molecule has 4 rings (SSSR count). The molecule has 0 bridgehead atoms. The summed E-state index contributed by atoms with van der Waals surface area (Å²) in [5, 5.41) is 16.6. The van der Waals surface area contributed by atoms with E-state index in [0.29, 0.717) is 29.8 Å². The summed E-state index contributed by atoms with van der Waals surface area (Å²) in [7, 11) is 0. The molecule has 0 unspecified atom stereocenters. The highest BCUT2D eigenvalue weighted by Crippen LogP contribution is 2.28. The number of halogens is 1. The molecule has 0 aliphatic carbocycles. The van der Waals surface area contributed by atoms with Crippen LogP contribution in [0.3, 0.4) is 0 Å². The molecule has 0 aromatic heterocycles. The molecular formula is C32H35ClN4O2. The molecule has 3 aromatic rings. The second-order valence-electron chi connectivity index (χ2n) is 10.2. The summed E-state index contributed by atoms with van der Waals surface area (Å²) >= 11 is 6.33. The zero-order chi connectivity index (χ0) is 27.8. The van der Waals surface area contributed by atoms with Crippen LogP contribution in [0.4, 0.5) is 0 Å². The number of hydrogen-bond donors (Lipinski definition) is 2. The maximum atomic E-state index is 13.6. The second-order valence-corrected chi connectivity index (χ2v) is 10.7. The summed E-state index contributed by atoms with van der Waals surface area (Å²) in [5.41, 5.74) is 2.38. The number of nitrogens with one attached hydrogen (secondary N) is 2. The van der Waals surface area contributed by atoms with Gasteiger partial charge in [-0.05, 0) is 61.1 Å². The molecule has 39 heavy (non-hydrogen) atoms. The largest absolute Gasteiger partial charge is 0.340 e. The standard InChI is InChI=1S/C32H35ClN4O2/c1-3-37-19-17-32(22-34,18-20-37)36-31(39)29(21-23(2)24-9-5-4-6-10-24)35-30(38)26-15-13-25(14-16-26)27-11-7-8-12-28(27)33/h4-16,23,29H,3,17-21H2,1-2H3,(H,35,38)(H,36,39)/t23-,29-/m0/s1. The van der Waals surface area contributed by atoms with Crippen molar-refractivity contribution in [1.29, 1.82) is 5.26 Å². The Kier molecular flexibility index (Phi) is 9.40. The number of carbonyl (C=O) groups excluding carboxylic acids is 2. The third-order valence-corrected chi connectivity index (χ3v) is 7.97. The van der Waals surface area contributed by atoms with E-state index in [9.17, 15) is 14.9 Å². The van der Waals surface area contributed by atoms with Crippen molar-refractivity contribution in [2.24, 2.45) is 0 Å². The average molecular weight is 543 g/mol. The number of piperidine rings is 1. The summed E-state index contributed by atoms with van der Waals surface area (Å²) in [6, 6.07) is 26.2. The molecule has 1 aliphatic rings. The van der Waals surface area contributed by atoms with Crippen molar-refractivity contribution >= 4 is 23.4 Å². The van der Waals surface area contributed by atoms with Crippen molar-refractivity contribution < 1.29 is 9.59 Å². The normalized spacial score (nSPS) is 16.5. The monoisotopic (exact) mass is 542 g/mol. The number of likely N-dealkylation sites (tertiary alicyclic amines) is 1. The summed E-state index contributed by atoms with van der Waals surface area (Å²) < 4.78 is 0. The second kappa shape index (κ2) is 12.9. The van der Waals surface area contributed by atoms with Crippen LogP contribution in [0.25, 0.3) is 11.1 Å². The Bertz CT molecular complexity index is 1310. The lowest BCUT2D eigenvalue weighted by Crippen LogP contribution is -2.59. The van der Waals surface area contributed by atoms with Crippen LogP contribution in [0.1, 0.15) is 54.9 Å². The maximum absolute atomic E-state index is 13.6. The van der Waals surface area contributed by atoms with Gasteiger partial charge in [0.1, 0.15) is 11.6 Å². The van der Waals surface area contributed by atoms with Gasteiger partial charge in [-0.3, -0.25) is 9.59 Å². The van der Waals surface area contributed by atoms with Crippen LogP contribution in [-0.4, -0.2) is 47.9 Å². The van der Waals surface area contributed by atoms with Gasteiger partial charge in [0.2, 0.25) is 5.91 Å². The topological polar surface area (TPSA) is 85.2 Å². The van der Waals surface area contributed by atoms with Crippen LogP contribution in [-0.2, 0) is 4.79 Å². The third kappa shape index (κ3) is 7.06.